The standard InChI is InChI=1S/C35H29N3O2S/c1-19-28-14-31(22-5-3-2-4-6-22)41-32(28)24-11-26-12-25-10-23(15-35(25,26)16-24)30-13-29(19)33(39)38(34(30)40)27-8-20(17-36)7-21(9-27)18-37/h2-9,14,23-26,30H,10-13,15-16H2,1H3/b29-19+. The monoisotopic (exact) mass is 555 g/mol. The topological polar surface area (TPSA) is 85.0 Å². The van der Waals surface area contributed by atoms with Gasteiger partial charge in [0.25, 0.3) is 5.91 Å². The summed E-state index contributed by atoms with van der Waals surface area (Å²) < 4.78 is 0. The van der Waals surface area contributed by atoms with E-state index in [2.05, 4.69) is 49.4 Å². The first-order valence-electron chi connectivity index (χ1n) is 14.6. The fourth-order valence-electron chi connectivity index (χ4n) is 9.23. The predicted molar refractivity (Wildman–Crippen MR) is 158 cm³/mol. The summed E-state index contributed by atoms with van der Waals surface area (Å²) in [5.74, 6) is 1.36. The molecular formula is C35H29N3O2S. The largest absolute Gasteiger partial charge is 0.274 e. The van der Waals surface area contributed by atoms with Crippen LogP contribution in [0.15, 0.2) is 60.2 Å². The smallest absolute Gasteiger partial charge is 0.261 e. The van der Waals surface area contributed by atoms with Gasteiger partial charge in [0.15, 0.2) is 0 Å². The van der Waals surface area contributed by atoms with Crippen LogP contribution in [0.25, 0.3) is 16.0 Å². The van der Waals surface area contributed by atoms with Gasteiger partial charge < -0.3 is 0 Å². The van der Waals surface area contributed by atoms with Gasteiger partial charge in [-0.05, 0) is 116 Å². The summed E-state index contributed by atoms with van der Waals surface area (Å²) in [6.07, 6.45) is 6.25. The van der Waals surface area contributed by atoms with E-state index < -0.39 is 0 Å². The molecule has 6 heteroatoms. The Bertz CT molecular complexity index is 1740. The fourth-order valence-corrected chi connectivity index (χ4v) is 10.6. The Kier molecular flexibility index (Phi) is 5.28. The highest BCUT2D eigenvalue weighted by molar-refractivity contribution is 7.15. The van der Waals surface area contributed by atoms with E-state index in [4.69, 9.17) is 0 Å². The Morgan fingerprint density at radius 1 is 0.927 bits per heavy atom. The minimum absolute atomic E-state index is 0.172. The summed E-state index contributed by atoms with van der Waals surface area (Å²) in [4.78, 5) is 32.5. The Hall–Kier alpha value is -4.00. The van der Waals surface area contributed by atoms with Gasteiger partial charge in [-0.25, -0.2) is 4.90 Å². The molecule has 6 atom stereocenters. The average molecular weight is 556 g/mol. The lowest BCUT2D eigenvalue weighted by molar-refractivity contribution is -0.131. The van der Waals surface area contributed by atoms with E-state index in [0.717, 1.165) is 29.9 Å². The molecule has 2 amide bonds. The van der Waals surface area contributed by atoms with Crippen molar-refractivity contribution in [2.75, 3.05) is 4.90 Å². The zero-order valence-corrected chi connectivity index (χ0v) is 23.7. The molecule has 1 aromatic heterocycles. The summed E-state index contributed by atoms with van der Waals surface area (Å²) in [6.45, 7) is 2.06. The lowest BCUT2D eigenvalue weighted by Gasteiger charge is -2.49. The predicted octanol–water partition coefficient (Wildman–Crippen LogP) is 7.44. The molecule has 4 fully saturated rings. The summed E-state index contributed by atoms with van der Waals surface area (Å²) in [5.41, 5.74) is 5.20. The molecule has 5 aliphatic rings. The first kappa shape index (κ1) is 24.8. The van der Waals surface area contributed by atoms with Gasteiger partial charge >= 0.3 is 0 Å². The fraction of sp³-hybridized carbons (Fsp3) is 0.371. The van der Waals surface area contributed by atoms with Gasteiger partial charge in [-0.1, -0.05) is 30.3 Å². The van der Waals surface area contributed by atoms with Gasteiger partial charge in [0.2, 0.25) is 5.91 Å². The third kappa shape index (κ3) is 3.44. The van der Waals surface area contributed by atoms with E-state index in [1.165, 1.54) is 45.5 Å². The van der Waals surface area contributed by atoms with Gasteiger partial charge in [0, 0.05) is 21.2 Å². The number of carbonyl (C=O) groups excluding carboxylic acids is 2. The molecular weight excluding hydrogens is 526 g/mol. The Morgan fingerprint density at radius 3 is 2.39 bits per heavy atom. The van der Waals surface area contributed by atoms with Gasteiger partial charge in [0.1, 0.15) is 0 Å². The first-order valence-corrected chi connectivity index (χ1v) is 15.4. The molecule has 2 heterocycles. The maximum Gasteiger partial charge on any atom is 0.261 e. The molecule has 1 aliphatic heterocycles. The van der Waals surface area contributed by atoms with Crippen molar-refractivity contribution in [3.8, 4) is 22.6 Å². The SMILES string of the molecule is C/C1=C2/CC(C(=O)N(c3cc(C#N)cc(C#N)c3)C2=O)C2CC3CC4CC(CC43C2)c2sc(-c3ccccc3)cc21. The van der Waals surface area contributed by atoms with E-state index in [9.17, 15) is 20.1 Å². The number of nitriles is 2. The highest BCUT2D eigenvalue weighted by Crippen LogP contribution is 2.74. The van der Waals surface area contributed by atoms with Crippen LogP contribution >= 0.6 is 11.3 Å². The molecule has 41 heavy (non-hydrogen) atoms. The molecule has 6 unspecified atom stereocenters. The van der Waals surface area contributed by atoms with Crippen LogP contribution in [0.2, 0.25) is 0 Å². The third-order valence-electron chi connectivity index (χ3n) is 11.1. The van der Waals surface area contributed by atoms with Crippen molar-refractivity contribution in [1.29, 1.82) is 10.5 Å². The highest BCUT2D eigenvalue weighted by atomic mass is 32.1. The number of anilines is 1. The van der Waals surface area contributed by atoms with Crippen LogP contribution in [0.5, 0.6) is 0 Å². The van der Waals surface area contributed by atoms with Crippen molar-refractivity contribution >= 4 is 34.4 Å². The number of rotatable bonds is 2. The minimum atomic E-state index is -0.317. The first-order chi connectivity index (χ1) is 19.9. The number of benzene rings is 2. The minimum Gasteiger partial charge on any atom is -0.274 e. The van der Waals surface area contributed by atoms with Crippen LogP contribution in [-0.4, -0.2) is 11.8 Å². The maximum absolute atomic E-state index is 14.3. The quantitative estimate of drug-likeness (QED) is 0.308. The van der Waals surface area contributed by atoms with Crippen LogP contribution in [0.4, 0.5) is 5.69 Å². The molecule has 0 radical (unpaired) electrons. The number of piperidine rings is 1. The zero-order chi connectivity index (χ0) is 28.0. The van der Waals surface area contributed by atoms with Crippen LogP contribution in [-0.2, 0) is 9.59 Å². The van der Waals surface area contributed by atoms with Crippen molar-refractivity contribution in [2.45, 2.75) is 51.4 Å². The Balaban J connectivity index is 1.34. The molecule has 202 valence electrons. The number of nitrogens with zero attached hydrogens (tertiary/aromatic N) is 3. The zero-order valence-electron chi connectivity index (χ0n) is 22.9. The van der Waals surface area contributed by atoms with Crippen molar-refractivity contribution in [1.82, 2.24) is 0 Å². The van der Waals surface area contributed by atoms with Gasteiger partial charge in [-0.2, -0.15) is 10.5 Å². The molecule has 1 spiro atoms. The molecule has 5 bridgehead atoms. The number of thiophene rings is 1. The lowest BCUT2D eigenvalue weighted by atomic mass is 9.56. The maximum atomic E-state index is 14.3. The number of fused-ring (bicyclic) bond motifs is 7. The number of carbonyl (C=O) groups is 2. The van der Waals surface area contributed by atoms with E-state index in [-0.39, 0.29) is 34.8 Å². The summed E-state index contributed by atoms with van der Waals surface area (Å²) in [6, 6.07) is 21.6. The average Bonchev–Trinajstić information content (AvgIpc) is 3.64. The second-order valence-corrected chi connectivity index (χ2v) is 13.9. The van der Waals surface area contributed by atoms with E-state index >= 15 is 0 Å². The molecule has 0 N–H and O–H groups in total. The molecule has 8 rings (SSSR count). The Morgan fingerprint density at radius 2 is 1.66 bits per heavy atom. The van der Waals surface area contributed by atoms with Crippen LogP contribution in [0.1, 0.15) is 72.9 Å². The van der Waals surface area contributed by atoms with Crippen LogP contribution in [0.3, 0.4) is 0 Å². The van der Waals surface area contributed by atoms with Gasteiger partial charge in [0.05, 0.1) is 29.0 Å². The number of imide groups is 1. The summed E-state index contributed by atoms with van der Waals surface area (Å²) in [7, 11) is 0. The lowest BCUT2D eigenvalue weighted by Crippen LogP contribution is -2.49. The van der Waals surface area contributed by atoms with Crippen molar-refractivity contribution in [3.63, 3.8) is 0 Å². The third-order valence-corrected chi connectivity index (χ3v) is 12.4. The van der Waals surface area contributed by atoms with Gasteiger partial charge in [-0.3, -0.25) is 9.59 Å². The highest BCUT2D eigenvalue weighted by Gasteiger charge is 2.65. The summed E-state index contributed by atoms with van der Waals surface area (Å²) in [5, 5.41) is 19.3. The van der Waals surface area contributed by atoms with Crippen molar-refractivity contribution < 1.29 is 9.59 Å². The number of hydrogen-bond donors (Lipinski definition) is 0. The Labute approximate surface area is 243 Å². The van der Waals surface area contributed by atoms with E-state index in [1.807, 2.05) is 17.4 Å². The molecule has 1 saturated heterocycles. The molecule has 3 aromatic rings. The molecule has 2 aromatic carbocycles. The molecule has 4 aliphatic carbocycles. The normalized spacial score (nSPS) is 33.0. The second-order valence-electron chi connectivity index (χ2n) is 12.8. The number of allylic oxidation sites excluding steroid dienone is 1. The van der Waals surface area contributed by atoms with E-state index in [0.29, 0.717) is 34.9 Å². The van der Waals surface area contributed by atoms with Crippen molar-refractivity contribution in [3.05, 3.63) is 81.7 Å². The van der Waals surface area contributed by atoms with Crippen LogP contribution in [0, 0.1) is 51.7 Å². The molecule has 5 nitrogen and oxygen atoms in total. The number of hydrogen-bond acceptors (Lipinski definition) is 5. The second kappa shape index (κ2) is 8.75. The number of amides is 2. The summed E-state index contributed by atoms with van der Waals surface area (Å²) >= 11 is 1.88. The van der Waals surface area contributed by atoms with Gasteiger partial charge in [-0.15, -0.1) is 11.3 Å². The molecule has 3 saturated carbocycles. The van der Waals surface area contributed by atoms with Crippen LogP contribution < -0.4 is 4.90 Å². The van der Waals surface area contributed by atoms with E-state index in [1.54, 1.807) is 12.1 Å². The van der Waals surface area contributed by atoms with Crippen molar-refractivity contribution in [2.24, 2.45) is 29.1 Å².